The molecular weight excluding hydrogens is 334 g/mol. The number of amides is 1. The van der Waals surface area contributed by atoms with E-state index in [1.165, 1.54) is 6.07 Å². The summed E-state index contributed by atoms with van der Waals surface area (Å²) >= 11 is 0. The van der Waals surface area contributed by atoms with Gasteiger partial charge in [0.1, 0.15) is 5.82 Å². The highest BCUT2D eigenvalue weighted by atomic mass is 16.5. The molecule has 0 radical (unpaired) electrons. The molecule has 8 heteroatoms. The third-order valence-electron chi connectivity index (χ3n) is 5.15. The van der Waals surface area contributed by atoms with E-state index >= 15 is 0 Å². The number of likely N-dealkylation sites (tertiary alicyclic amines) is 1. The highest BCUT2D eigenvalue weighted by Crippen LogP contribution is 2.33. The number of carbonyl (C=O) groups is 1. The van der Waals surface area contributed by atoms with E-state index in [1.807, 2.05) is 11.1 Å². The number of nitrogen functional groups attached to an aromatic ring is 1. The number of anilines is 1. The van der Waals surface area contributed by atoms with Crippen molar-refractivity contribution in [2.24, 2.45) is 0 Å². The maximum atomic E-state index is 13.1. The third-order valence-corrected chi connectivity index (χ3v) is 5.15. The lowest BCUT2D eigenvalue weighted by atomic mass is 10.2. The fourth-order valence-corrected chi connectivity index (χ4v) is 3.60. The van der Waals surface area contributed by atoms with E-state index in [-0.39, 0.29) is 29.7 Å². The van der Waals surface area contributed by atoms with Crippen molar-refractivity contribution in [1.82, 2.24) is 19.2 Å². The van der Waals surface area contributed by atoms with Gasteiger partial charge in [-0.2, -0.15) is 5.10 Å². The monoisotopic (exact) mass is 357 g/mol. The van der Waals surface area contributed by atoms with Gasteiger partial charge in [0, 0.05) is 38.2 Å². The van der Waals surface area contributed by atoms with Crippen molar-refractivity contribution in [3.8, 4) is 0 Å². The van der Waals surface area contributed by atoms with Gasteiger partial charge in [0.05, 0.1) is 24.3 Å². The molecule has 1 saturated heterocycles. The second-order valence-corrected chi connectivity index (χ2v) is 7.06. The van der Waals surface area contributed by atoms with E-state index in [0.717, 1.165) is 19.3 Å². The summed E-state index contributed by atoms with van der Waals surface area (Å²) in [5.74, 6) is 0.379. The zero-order valence-corrected chi connectivity index (χ0v) is 14.7. The van der Waals surface area contributed by atoms with E-state index in [4.69, 9.17) is 10.5 Å². The Labute approximate surface area is 151 Å². The second-order valence-electron chi connectivity index (χ2n) is 7.06. The molecule has 2 fully saturated rings. The number of hydrogen-bond donors (Lipinski definition) is 1. The Balaban J connectivity index is 1.57. The van der Waals surface area contributed by atoms with Crippen LogP contribution < -0.4 is 11.3 Å². The van der Waals surface area contributed by atoms with Gasteiger partial charge in [0.25, 0.3) is 11.5 Å². The van der Waals surface area contributed by atoms with E-state index in [1.54, 1.807) is 34.7 Å². The lowest BCUT2D eigenvalue weighted by Crippen LogP contribution is -2.39. The summed E-state index contributed by atoms with van der Waals surface area (Å²) in [5.41, 5.74) is 6.18. The molecule has 0 bridgehead atoms. The van der Waals surface area contributed by atoms with Crippen molar-refractivity contribution in [3.05, 3.63) is 46.5 Å². The summed E-state index contributed by atoms with van der Waals surface area (Å²) in [5, 5.41) is 4.22. The Morgan fingerprint density at radius 3 is 2.81 bits per heavy atom. The van der Waals surface area contributed by atoms with Crippen LogP contribution in [0.3, 0.4) is 0 Å². The first-order valence-corrected chi connectivity index (χ1v) is 8.90. The molecule has 2 atom stereocenters. The zero-order valence-electron chi connectivity index (χ0n) is 14.7. The summed E-state index contributed by atoms with van der Waals surface area (Å²) in [6.45, 7) is 1.09. The number of nitrogens with two attached hydrogens (primary N) is 1. The fraction of sp³-hybridized carbons (Fsp3) is 0.500. The topological polar surface area (TPSA) is 95.4 Å². The van der Waals surface area contributed by atoms with Crippen LogP contribution >= 0.6 is 0 Å². The van der Waals surface area contributed by atoms with Crippen molar-refractivity contribution < 1.29 is 9.53 Å². The first-order valence-electron chi connectivity index (χ1n) is 8.90. The van der Waals surface area contributed by atoms with Crippen LogP contribution in [0.1, 0.15) is 35.7 Å². The SMILES string of the molecule is CO[C@@H]1C[C@@H](Cn2ccc(N)n2)N(C(=O)c2ccc(=O)n(C3CC3)c2)C1. The van der Waals surface area contributed by atoms with Crippen LogP contribution in [0.25, 0.3) is 0 Å². The highest BCUT2D eigenvalue weighted by Gasteiger charge is 2.36. The van der Waals surface area contributed by atoms with Crippen LogP contribution in [-0.2, 0) is 11.3 Å². The van der Waals surface area contributed by atoms with Crippen molar-refractivity contribution in [2.75, 3.05) is 19.4 Å². The molecule has 8 nitrogen and oxygen atoms in total. The maximum absolute atomic E-state index is 13.1. The number of ether oxygens (including phenoxy) is 1. The number of hydrogen-bond acceptors (Lipinski definition) is 5. The van der Waals surface area contributed by atoms with Gasteiger partial charge < -0.3 is 19.9 Å². The number of pyridine rings is 1. The Morgan fingerprint density at radius 1 is 1.35 bits per heavy atom. The molecule has 2 N–H and O–H groups in total. The van der Waals surface area contributed by atoms with Crippen LogP contribution in [0.15, 0.2) is 35.4 Å². The molecule has 2 aromatic rings. The first-order chi connectivity index (χ1) is 12.5. The molecule has 1 saturated carbocycles. The van der Waals surface area contributed by atoms with Crippen molar-refractivity contribution in [3.63, 3.8) is 0 Å². The molecule has 0 aromatic carbocycles. The summed E-state index contributed by atoms with van der Waals surface area (Å²) in [6.07, 6.45) is 6.24. The first kappa shape index (κ1) is 16.8. The van der Waals surface area contributed by atoms with Crippen molar-refractivity contribution >= 4 is 11.7 Å². The van der Waals surface area contributed by atoms with Crippen LogP contribution in [0.2, 0.25) is 0 Å². The highest BCUT2D eigenvalue weighted by molar-refractivity contribution is 5.94. The molecule has 3 heterocycles. The Kier molecular flexibility index (Phi) is 4.28. The second kappa shape index (κ2) is 6.60. The Bertz CT molecular complexity index is 870. The minimum atomic E-state index is -0.0796. The average Bonchev–Trinajstić information content (AvgIpc) is 3.27. The summed E-state index contributed by atoms with van der Waals surface area (Å²) in [4.78, 5) is 26.9. The van der Waals surface area contributed by atoms with Crippen LogP contribution in [0.4, 0.5) is 5.82 Å². The largest absolute Gasteiger partial charge is 0.382 e. The lowest BCUT2D eigenvalue weighted by molar-refractivity contribution is 0.0678. The van der Waals surface area contributed by atoms with E-state index in [0.29, 0.717) is 24.5 Å². The van der Waals surface area contributed by atoms with E-state index in [2.05, 4.69) is 5.10 Å². The summed E-state index contributed by atoms with van der Waals surface area (Å²) in [6, 6.07) is 5.04. The number of rotatable bonds is 5. The number of aromatic nitrogens is 3. The lowest BCUT2D eigenvalue weighted by Gasteiger charge is -2.24. The molecule has 1 amide bonds. The van der Waals surface area contributed by atoms with Gasteiger partial charge in [-0.1, -0.05) is 0 Å². The van der Waals surface area contributed by atoms with Gasteiger partial charge in [-0.25, -0.2) is 0 Å². The average molecular weight is 357 g/mol. The van der Waals surface area contributed by atoms with Crippen LogP contribution in [-0.4, -0.2) is 51.0 Å². The predicted molar refractivity (Wildman–Crippen MR) is 95.9 cm³/mol. The zero-order chi connectivity index (χ0) is 18.3. The standard InChI is InChI=1S/C18H23N5O3/c1-26-15-8-14(10-21-7-6-16(19)20-21)23(11-15)18(25)12-2-5-17(24)22(9-12)13-3-4-13/h2,5-7,9,13-15H,3-4,8,10-11H2,1H3,(H2,19,20)/t14-,15+/m0/s1. The third kappa shape index (κ3) is 3.24. The molecule has 138 valence electrons. The minimum Gasteiger partial charge on any atom is -0.382 e. The van der Waals surface area contributed by atoms with Crippen LogP contribution in [0, 0.1) is 0 Å². The molecule has 2 aromatic heterocycles. The van der Waals surface area contributed by atoms with Gasteiger partial charge >= 0.3 is 0 Å². The van der Waals surface area contributed by atoms with E-state index in [9.17, 15) is 9.59 Å². The molecule has 2 aliphatic rings. The van der Waals surface area contributed by atoms with E-state index < -0.39 is 0 Å². The molecule has 4 rings (SSSR count). The predicted octanol–water partition coefficient (Wildman–Crippen LogP) is 0.892. The smallest absolute Gasteiger partial charge is 0.255 e. The van der Waals surface area contributed by atoms with Gasteiger partial charge in [-0.15, -0.1) is 0 Å². The quantitative estimate of drug-likeness (QED) is 0.857. The van der Waals surface area contributed by atoms with Gasteiger partial charge in [0.15, 0.2) is 0 Å². The number of nitrogens with zero attached hydrogens (tertiary/aromatic N) is 4. The molecular formula is C18H23N5O3. The Hall–Kier alpha value is -2.61. The Morgan fingerprint density at radius 2 is 2.15 bits per heavy atom. The normalized spacial score (nSPS) is 22.7. The molecule has 1 aliphatic heterocycles. The summed E-state index contributed by atoms with van der Waals surface area (Å²) in [7, 11) is 1.66. The molecule has 1 aliphatic carbocycles. The molecule has 0 unspecified atom stereocenters. The fourth-order valence-electron chi connectivity index (χ4n) is 3.60. The molecule has 26 heavy (non-hydrogen) atoms. The minimum absolute atomic E-state index is 0.00815. The van der Waals surface area contributed by atoms with Gasteiger partial charge in [-0.05, 0) is 31.4 Å². The van der Waals surface area contributed by atoms with Crippen molar-refractivity contribution in [1.29, 1.82) is 0 Å². The number of methoxy groups -OCH3 is 1. The van der Waals surface area contributed by atoms with Gasteiger partial charge in [0.2, 0.25) is 0 Å². The maximum Gasteiger partial charge on any atom is 0.255 e. The summed E-state index contributed by atoms with van der Waals surface area (Å²) < 4.78 is 8.92. The van der Waals surface area contributed by atoms with Crippen molar-refractivity contribution in [2.45, 2.75) is 44.0 Å². The van der Waals surface area contributed by atoms with Crippen LogP contribution in [0.5, 0.6) is 0 Å². The molecule has 0 spiro atoms. The van der Waals surface area contributed by atoms with Gasteiger partial charge in [-0.3, -0.25) is 14.3 Å². The number of carbonyl (C=O) groups excluding carboxylic acids is 1.